The van der Waals surface area contributed by atoms with Crippen molar-refractivity contribution >= 4 is 34.3 Å². The summed E-state index contributed by atoms with van der Waals surface area (Å²) in [6.07, 6.45) is 1.31. The van der Waals surface area contributed by atoms with Crippen molar-refractivity contribution in [3.05, 3.63) is 76.0 Å². The monoisotopic (exact) mass is 406 g/mol. The van der Waals surface area contributed by atoms with Gasteiger partial charge in [-0.25, -0.2) is 0 Å². The number of amides is 2. The lowest BCUT2D eigenvalue weighted by atomic mass is 10.0. The molecule has 0 saturated carbocycles. The molecule has 0 saturated heterocycles. The topological polar surface area (TPSA) is 123 Å². The highest BCUT2D eigenvalue weighted by molar-refractivity contribution is 6.09. The lowest BCUT2D eigenvalue weighted by Gasteiger charge is -2.17. The van der Waals surface area contributed by atoms with Crippen LogP contribution in [0.4, 0.5) is 5.69 Å². The second kappa shape index (κ2) is 7.43. The van der Waals surface area contributed by atoms with E-state index >= 15 is 0 Å². The molecule has 2 aromatic carbocycles. The van der Waals surface area contributed by atoms with Gasteiger partial charge in [-0.15, -0.1) is 0 Å². The zero-order valence-electron chi connectivity index (χ0n) is 16.0. The van der Waals surface area contributed by atoms with Crippen LogP contribution in [0.5, 0.6) is 0 Å². The molecule has 0 radical (unpaired) electrons. The van der Waals surface area contributed by atoms with Crippen LogP contribution in [0, 0.1) is 10.1 Å². The average Bonchev–Trinajstić information content (AvgIpc) is 3.09. The van der Waals surface area contributed by atoms with Gasteiger partial charge in [-0.2, -0.15) is 0 Å². The molecule has 0 spiro atoms. The Kier molecular flexibility index (Phi) is 4.78. The van der Waals surface area contributed by atoms with Gasteiger partial charge in [0.2, 0.25) is 5.91 Å². The maximum Gasteiger partial charge on any atom is 0.295 e. The summed E-state index contributed by atoms with van der Waals surface area (Å²) in [4.78, 5) is 49.4. The third kappa shape index (κ3) is 3.30. The fourth-order valence-corrected chi connectivity index (χ4v) is 3.58. The number of fused-ring (bicyclic) bond motifs is 6. The zero-order chi connectivity index (χ0) is 21.4. The minimum atomic E-state index is -1.60. The van der Waals surface area contributed by atoms with Crippen LogP contribution in [0.15, 0.2) is 54.7 Å². The van der Waals surface area contributed by atoms with Crippen molar-refractivity contribution < 1.29 is 19.3 Å². The van der Waals surface area contributed by atoms with Gasteiger partial charge in [0.25, 0.3) is 17.9 Å². The van der Waals surface area contributed by atoms with Crippen molar-refractivity contribution in [2.24, 2.45) is 0 Å². The SMILES string of the molecule is CC1NC(=O)C([N+](=O)[O-])Cc2cn(c3ccccc23)C(=O)c2ccccc2NC1=O. The Labute approximate surface area is 170 Å². The normalized spacial score (nSPS) is 19.7. The van der Waals surface area contributed by atoms with E-state index in [0.717, 1.165) is 0 Å². The van der Waals surface area contributed by atoms with Gasteiger partial charge >= 0.3 is 0 Å². The maximum absolute atomic E-state index is 13.3. The number of nitrogens with one attached hydrogen (secondary N) is 2. The van der Waals surface area contributed by atoms with Gasteiger partial charge in [0.15, 0.2) is 0 Å². The van der Waals surface area contributed by atoms with E-state index in [1.165, 1.54) is 17.7 Å². The smallest absolute Gasteiger partial charge is 0.295 e. The van der Waals surface area contributed by atoms with Crippen LogP contribution in [0.2, 0.25) is 0 Å². The Hall–Kier alpha value is -4.01. The fourth-order valence-electron chi connectivity index (χ4n) is 3.58. The van der Waals surface area contributed by atoms with Crippen LogP contribution in [-0.4, -0.2) is 39.3 Å². The summed E-state index contributed by atoms with van der Waals surface area (Å²) in [5.74, 6) is -1.84. The molecule has 0 fully saturated rings. The van der Waals surface area contributed by atoms with E-state index in [2.05, 4.69) is 10.6 Å². The molecule has 9 heteroatoms. The van der Waals surface area contributed by atoms with Crippen LogP contribution in [0.25, 0.3) is 10.9 Å². The third-order valence-electron chi connectivity index (χ3n) is 5.15. The van der Waals surface area contributed by atoms with Crippen molar-refractivity contribution in [2.75, 3.05) is 5.32 Å². The first-order chi connectivity index (χ1) is 14.4. The number of carbonyl (C=O) groups is 3. The highest BCUT2D eigenvalue weighted by Gasteiger charge is 2.34. The van der Waals surface area contributed by atoms with Gasteiger partial charge in [-0.05, 0) is 30.7 Å². The summed E-state index contributed by atoms with van der Waals surface area (Å²) in [6.45, 7) is 1.43. The summed E-state index contributed by atoms with van der Waals surface area (Å²) >= 11 is 0. The Bertz CT molecular complexity index is 1200. The van der Waals surface area contributed by atoms with Crippen LogP contribution in [-0.2, 0) is 16.0 Å². The Balaban J connectivity index is 1.94. The molecular formula is C21H18N4O5. The number of hydrogen-bond acceptors (Lipinski definition) is 5. The van der Waals surface area contributed by atoms with E-state index < -0.39 is 34.7 Å². The molecule has 30 heavy (non-hydrogen) atoms. The van der Waals surface area contributed by atoms with Crippen molar-refractivity contribution in [2.45, 2.75) is 25.4 Å². The molecule has 0 aliphatic carbocycles. The fraction of sp³-hybridized carbons (Fsp3) is 0.190. The lowest BCUT2D eigenvalue weighted by molar-refractivity contribution is -0.507. The molecule has 2 N–H and O–H groups in total. The summed E-state index contributed by atoms with van der Waals surface area (Å²) < 4.78 is 1.39. The van der Waals surface area contributed by atoms with Gasteiger partial charge in [0, 0.05) is 16.5 Å². The molecule has 152 valence electrons. The molecule has 3 aromatic rings. The first-order valence-electron chi connectivity index (χ1n) is 9.34. The van der Waals surface area contributed by atoms with E-state index in [1.54, 1.807) is 48.5 Å². The minimum Gasteiger partial charge on any atom is -0.339 e. The number of nitrogens with zero attached hydrogens (tertiary/aromatic N) is 2. The van der Waals surface area contributed by atoms with Crippen LogP contribution >= 0.6 is 0 Å². The Morgan fingerprint density at radius 1 is 1.03 bits per heavy atom. The second-order valence-corrected chi connectivity index (χ2v) is 7.12. The third-order valence-corrected chi connectivity index (χ3v) is 5.15. The predicted octanol–water partition coefficient (Wildman–Crippen LogP) is 1.97. The van der Waals surface area contributed by atoms with Gasteiger partial charge in [-0.3, -0.25) is 29.1 Å². The summed E-state index contributed by atoms with van der Waals surface area (Å²) in [7, 11) is 0. The number of para-hydroxylation sites is 2. The number of aromatic nitrogens is 1. The first-order valence-corrected chi connectivity index (χ1v) is 9.34. The number of benzene rings is 2. The number of anilines is 1. The summed E-state index contributed by atoms with van der Waals surface area (Å²) in [5.41, 5.74) is 1.62. The molecule has 2 heterocycles. The molecule has 9 nitrogen and oxygen atoms in total. The average molecular weight is 406 g/mol. The highest BCUT2D eigenvalue weighted by atomic mass is 16.6. The van der Waals surface area contributed by atoms with Gasteiger partial charge in [-0.1, -0.05) is 30.3 Å². The van der Waals surface area contributed by atoms with E-state index in [0.29, 0.717) is 16.5 Å². The number of rotatable bonds is 1. The van der Waals surface area contributed by atoms with Crippen molar-refractivity contribution in [3.63, 3.8) is 0 Å². The van der Waals surface area contributed by atoms with Crippen molar-refractivity contribution in [3.8, 4) is 0 Å². The van der Waals surface area contributed by atoms with Gasteiger partial charge < -0.3 is 10.6 Å². The van der Waals surface area contributed by atoms with Crippen LogP contribution in [0.1, 0.15) is 22.8 Å². The molecule has 2 amide bonds. The van der Waals surface area contributed by atoms with Gasteiger partial charge in [0.05, 0.1) is 23.2 Å². The number of nitro groups is 1. The molecule has 2 atom stereocenters. The lowest BCUT2D eigenvalue weighted by Crippen LogP contribution is -2.48. The Morgan fingerprint density at radius 2 is 1.73 bits per heavy atom. The Morgan fingerprint density at radius 3 is 2.50 bits per heavy atom. The quantitative estimate of drug-likeness (QED) is 0.472. The second-order valence-electron chi connectivity index (χ2n) is 7.12. The number of hydrogen-bond donors (Lipinski definition) is 2. The maximum atomic E-state index is 13.3. The van der Waals surface area contributed by atoms with E-state index in [4.69, 9.17) is 0 Å². The first kappa shape index (κ1) is 19.3. The summed E-state index contributed by atoms with van der Waals surface area (Å²) in [6, 6.07) is 10.9. The molecule has 1 aliphatic heterocycles. The molecule has 4 rings (SSSR count). The molecule has 2 bridgehead atoms. The summed E-state index contributed by atoms with van der Waals surface area (Å²) in [5, 5.41) is 17.3. The zero-order valence-corrected chi connectivity index (χ0v) is 16.0. The minimum absolute atomic E-state index is 0.213. The van der Waals surface area contributed by atoms with E-state index in [1.807, 2.05) is 0 Å². The van der Waals surface area contributed by atoms with E-state index in [9.17, 15) is 24.5 Å². The highest BCUT2D eigenvalue weighted by Crippen LogP contribution is 2.26. The predicted molar refractivity (Wildman–Crippen MR) is 109 cm³/mol. The molecule has 1 aliphatic rings. The molecular weight excluding hydrogens is 388 g/mol. The number of carbonyl (C=O) groups excluding carboxylic acids is 3. The largest absolute Gasteiger partial charge is 0.339 e. The van der Waals surface area contributed by atoms with Gasteiger partial charge in [0.1, 0.15) is 6.04 Å². The van der Waals surface area contributed by atoms with Crippen LogP contribution in [0.3, 0.4) is 0 Å². The molecule has 1 aromatic heterocycles. The van der Waals surface area contributed by atoms with E-state index in [-0.39, 0.29) is 17.7 Å². The molecule has 2 unspecified atom stereocenters. The van der Waals surface area contributed by atoms with Crippen molar-refractivity contribution in [1.82, 2.24) is 9.88 Å². The van der Waals surface area contributed by atoms with Crippen molar-refractivity contribution in [1.29, 1.82) is 0 Å². The van der Waals surface area contributed by atoms with Crippen LogP contribution < -0.4 is 10.6 Å². The standard InChI is InChI=1S/C21H18N4O5/c1-12-19(26)23-16-8-4-2-7-15(16)21(28)24-11-13(14-6-3-5-9-17(14)24)10-18(25(29)30)20(27)22-12/h2-9,11-12,18H,10H2,1H3,(H,22,27)(H,23,26).